The van der Waals surface area contributed by atoms with Crippen LogP contribution in [0, 0.1) is 0 Å². The van der Waals surface area contributed by atoms with Crippen LogP contribution in [-0.4, -0.2) is 30.1 Å². The average molecular weight is 408 g/mol. The van der Waals surface area contributed by atoms with Gasteiger partial charge in [-0.05, 0) is 45.2 Å². The summed E-state index contributed by atoms with van der Waals surface area (Å²) in [6.45, 7) is 5.39. The first-order valence-corrected chi connectivity index (χ1v) is 10.4. The Kier molecular flexibility index (Phi) is 4.97. The molecule has 2 heterocycles. The molecule has 0 amide bonds. The van der Waals surface area contributed by atoms with Gasteiger partial charge in [-0.2, -0.15) is 0 Å². The molecule has 2 aliphatic rings. The molecule has 5 nitrogen and oxygen atoms in total. The summed E-state index contributed by atoms with van der Waals surface area (Å²) in [4.78, 5) is 26.9. The van der Waals surface area contributed by atoms with E-state index < -0.39 is 28.7 Å². The number of ether oxygens (including phenoxy) is 3. The zero-order chi connectivity index (χ0) is 21.6. The fourth-order valence-corrected chi connectivity index (χ4v) is 4.80. The number of rotatable bonds is 4. The third-order valence-corrected chi connectivity index (χ3v) is 6.07. The Morgan fingerprint density at radius 2 is 1.73 bits per heavy atom. The fourth-order valence-electron chi connectivity index (χ4n) is 4.80. The van der Waals surface area contributed by atoms with Crippen LogP contribution in [0.15, 0.2) is 54.6 Å². The largest absolute Gasteiger partial charge is 0.496 e. The average Bonchev–Trinajstić information content (AvgIpc) is 3.03. The molecular weight excluding hydrogens is 380 g/mol. The predicted octanol–water partition coefficient (Wildman–Crippen LogP) is 4.54. The van der Waals surface area contributed by atoms with E-state index >= 15 is 0 Å². The smallest absolute Gasteiger partial charge is 0.347 e. The highest BCUT2D eigenvalue weighted by Gasteiger charge is 2.69. The molecule has 30 heavy (non-hydrogen) atoms. The number of Topliss-reactive ketones (excluding diaryl/α,β-unsaturated/α-hetero) is 1. The van der Waals surface area contributed by atoms with Gasteiger partial charge in [-0.3, -0.25) is 4.79 Å². The lowest BCUT2D eigenvalue weighted by Crippen LogP contribution is -2.56. The van der Waals surface area contributed by atoms with Crippen molar-refractivity contribution in [1.29, 1.82) is 0 Å². The highest BCUT2D eigenvalue weighted by molar-refractivity contribution is 6.10. The van der Waals surface area contributed by atoms with Crippen molar-refractivity contribution in [3.8, 4) is 5.75 Å². The molecule has 0 radical (unpaired) electrons. The highest BCUT2D eigenvalue weighted by Crippen LogP contribution is 2.60. The lowest BCUT2D eigenvalue weighted by Gasteiger charge is -2.40. The van der Waals surface area contributed by atoms with Crippen LogP contribution >= 0.6 is 0 Å². The van der Waals surface area contributed by atoms with Gasteiger partial charge in [0.15, 0.2) is 5.78 Å². The van der Waals surface area contributed by atoms with Crippen molar-refractivity contribution < 1.29 is 23.8 Å². The number of hydrogen-bond acceptors (Lipinski definition) is 5. The second-order valence-corrected chi connectivity index (χ2v) is 9.12. The molecule has 0 aliphatic carbocycles. The van der Waals surface area contributed by atoms with Gasteiger partial charge in [-0.1, -0.05) is 48.5 Å². The van der Waals surface area contributed by atoms with E-state index in [9.17, 15) is 9.59 Å². The van der Waals surface area contributed by atoms with Crippen molar-refractivity contribution in [3.05, 3.63) is 65.7 Å². The minimum Gasteiger partial charge on any atom is -0.496 e. The Morgan fingerprint density at radius 1 is 1.07 bits per heavy atom. The predicted molar refractivity (Wildman–Crippen MR) is 112 cm³/mol. The molecule has 0 spiro atoms. The number of benzene rings is 2. The molecule has 2 fully saturated rings. The second kappa shape index (κ2) is 7.24. The highest BCUT2D eigenvalue weighted by atomic mass is 16.6. The second-order valence-electron chi connectivity index (χ2n) is 9.12. The first kappa shape index (κ1) is 20.6. The summed E-state index contributed by atoms with van der Waals surface area (Å²) in [5, 5.41) is 0. The van der Waals surface area contributed by atoms with Crippen molar-refractivity contribution in [2.75, 3.05) is 7.11 Å². The third kappa shape index (κ3) is 3.21. The normalized spacial score (nSPS) is 28.3. The zero-order valence-electron chi connectivity index (χ0n) is 17.9. The van der Waals surface area contributed by atoms with Crippen LogP contribution in [0.5, 0.6) is 5.75 Å². The van der Waals surface area contributed by atoms with Crippen molar-refractivity contribution in [2.45, 2.75) is 62.8 Å². The summed E-state index contributed by atoms with van der Waals surface area (Å²) in [6.07, 6.45) is 1.30. The summed E-state index contributed by atoms with van der Waals surface area (Å²) in [6, 6.07) is 17.4. The number of para-hydroxylation sites is 1. The Bertz CT molecular complexity index is 961. The van der Waals surface area contributed by atoms with E-state index in [4.69, 9.17) is 14.2 Å². The molecule has 4 rings (SSSR count). The zero-order valence-corrected chi connectivity index (χ0v) is 17.9. The monoisotopic (exact) mass is 408 g/mol. The molecule has 0 saturated carbocycles. The van der Waals surface area contributed by atoms with Crippen LogP contribution in [0.4, 0.5) is 0 Å². The van der Waals surface area contributed by atoms with Gasteiger partial charge in [-0.25, -0.2) is 4.79 Å². The van der Waals surface area contributed by atoms with Gasteiger partial charge in [0.1, 0.15) is 11.4 Å². The first-order valence-electron chi connectivity index (χ1n) is 10.4. The number of hydrogen-bond donors (Lipinski definition) is 0. The van der Waals surface area contributed by atoms with E-state index in [1.807, 2.05) is 54.6 Å². The number of fused-ring (bicyclic) bond motifs is 2. The molecule has 0 unspecified atom stereocenters. The molecule has 2 aliphatic heterocycles. The number of carbonyl (C=O) groups is 2. The van der Waals surface area contributed by atoms with Gasteiger partial charge in [0.25, 0.3) is 0 Å². The summed E-state index contributed by atoms with van der Waals surface area (Å²) < 4.78 is 17.9. The van der Waals surface area contributed by atoms with E-state index in [0.29, 0.717) is 18.6 Å². The number of esters is 1. The lowest BCUT2D eigenvalue weighted by molar-refractivity contribution is -0.202. The van der Waals surface area contributed by atoms with Crippen LogP contribution in [0.25, 0.3) is 0 Å². The minimum atomic E-state index is -1.68. The molecule has 158 valence electrons. The van der Waals surface area contributed by atoms with Gasteiger partial charge >= 0.3 is 5.97 Å². The Labute approximate surface area is 177 Å². The molecule has 0 N–H and O–H groups in total. The van der Waals surface area contributed by atoms with Gasteiger partial charge in [0.05, 0.1) is 12.7 Å². The molecule has 0 aromatic heterocycles. The van der Waals surface area contributed by atoms with Gasteiger partial charge in [0, 0.05) is 17.9 Å². The molecule has 2 aromatic rings. The Morgan fingerprint density at radius 3 is 2.40 bits per heavy atom. The maximum absolute atomic E-state index is 13.6. The number of carbonyl (C=O) groups excluding carboxylic acids is 2. The number of methoxy groups -OCH3 is 1. The maximum Gasteiger partial charge on any atom is 0.347 e. The lowest BCUT2D eigenvalue weighted by atomic mass is 9.78. The van der Waals surface area contributed by atoms with Crippen molar-refractivity contribution in [3.63, 3.8) is 0 Å². The standard InChI is InChI=1S/C25H28O5/c1-23(2,3)29-22(27)25-19(18-12-8-9-13-20(18)28-4)16-24(30-25,15-14-21(25)26)17-10-6-5-7-11-17/h5-13,19H,14-16H2,1-4H3/t19-,24+,25+/m0/s1. The topological polar surface area (TPSA) is 61.8 Å². The first-order chi connectivity index (χ1) is 14.2. The van der Waals surface area contributed by atoms with Crippen LogP contribution in [0.2, 0.25) is 0 Å². The van der Waals surface area contributed by atoms with Crippen LogP contribution < -0.4 is 4.74 Å². The Balaban J connectivity index is 1.90. The maximum atomic E-state index is 13.6. The van der Waals surface area contributed by atoms with Crippen LogP contribution in [0.1, 0.15) is 57.1 Å². The molecule has 3 atom stereocenters. The van der Waals surface area contributed by atoms with Crippen LogP contribution in [-0.2, 0) is 24.7 Å². The van der Waals surface area contributed by atoms with E-state index in [1.165, 1.54) is 0 Å². The van der Waals surface area contributed by atoms with Crippen LogP contribution in [0.3, 0.4) is 0 Å². The van der Waals surface area contributed by atoms with E-state index in [0.717, 1.165) is 11.1 Å². The molecule has 2 saturated heterocycles. The molecule has 2 bridgehead atoms. The fraction of sp³-hybridized carbons (Fsp3) is 0.440. The number of ketones is 1. The van der Waals surface area contributed by atoms with Gasteiger partial charge < -0.3 is 14.2 Å². The summed E-state index contributed by atoms with van der Waals surface area (Å²) in [7, 11) is 1.59. The quantitative estimate of drug-likeness (QED) is 0.549. The minimum absolute atomic E-state index is 0.225. The SMILES string of the molecule is COc1ccccc1[C@@H]1C[C@@]2(c3ccccc3)CCC(=O)[C@]1(C(=O)OC(C)(C)C)O2. The molecular formula is C25H28O5. The molecule has 2 aromatic carbocycles. The summed E-state index contributed by atoms with van der Waals surface area (Å²) in [5.41, 5.74) is -1.38. The molecule has 5 heteroatoms. The third-order valence-electron chi connectivity index (χ3n) is 6.07. The van der Waals surface area contributed by atoms with Crippen molar-refractivity contribution >= 4 is 11.8 Å². The van der Waals surface area contributed by atoms with Gasteiger partial charge in [-0.15, -0.1) is 0 Å². The van der Waals surface area contributed by atoms with Gasteiger partial charge in [0.2, 0.25) is 5.60 Å². The summed E-state index contributed by atoms with van der Waals surface area (Å²) in [5.74, 6) is -0.707. The van der Waals surface area contributed by atoms with E-state index in [1.54, 1.807) is 27.9 Å². The van der Waals surface area contributed by atoms with E-state index in [2.05, 4.69) is 0 Å². The van der Waals surface area contributed by atoms with E-state index in [-0.39, 0.29) is 12.2 Å². The Hall–Kier alpha value is -2.66. The van der Waals surface area contributed by atoms with Crippen molar-refractivity contribution in [1.82, 2.24) is 0 Å². The van der Waals surface area contributed by atoms with Crippen molar-refractivity contribution in [2.24, 2.45) is 0 Å². The summed E-state index contributed by atoms with van der Waals surface area (Å²) >= 11 is 0.